The molecular formula is C23H20ClN3O3. The highest BCUT2D eigenvalue weighted by Gasteiger charge is 2.27. The van der Waals surface area contributed by atoms with Crippen LogP contribution in [0, 0.1) is 11.8 Å². The predicted octanol–water partition coefficient (Wildman–Crippen LogP) is 3.69. The quantitative estimate of drug-likeness (QED) is 0.476. The highest BCUT2D eigenvalue weighted by Crippen LogP contribution is 2.30. The molecule has 0 bridgehead atoms. The SMILES string of the molecule is COc1cccc(COCC#Cc2ncn3c2CN(C)C(=O)c2c(Cl)cccc2-3)c1. The van der Waals surface area contributed by atoms with Crippen LogP contribution in [0.2, 0.25) is 5.02 Å². The number of halogens is 1. The Morgan fingerprint density at radius 1 is 1.23 bits per heavy atom. The number of amides is 1. The van der Waals surface area contributed by atoms with Gasteiger partial charge in [-0.25, -0.2) is 4.98 Å². The van der Waals surface area contributed by atoms with E-state index in [2.05, 4.69) is 16.8 Å². The van der Waals surface area contributed by atoms with Crippen molar-refractivity contribution in [1.29, 1.82) is 0 Å². The number of hydrogen-bond donors (Lipinski definition) is 0. The van der Waals surface area contributed by atoms with Gasteiger partial charge in [0.2, 0.25) is 0 Å². The smallest absolute Gasteiger partial charge is 0.257 e. The summed E-state index contributed by atoms with van der Waals surface area (Å²) in [5.74, 6) is 6.75. The Morgan fingerprint density at radius 3 is 2.90 bits per heavy atom. The molecule has 0 spiro atoms. The fourth-order valence-corrected chi connectivity index (χ4v) is 3.60. The molecule has 0 N–H and O–H groups in total. The molecule has 0 fully saturated rings. The number of carbonyl (C=O) groups excluding carboxylic acids is 1. The maximum Gasteiger partial charge on any atom is 0.257 e. The van der Waals surface area contributed by atoms with Gasteiger partial charge in [0, 0.05) is 7.05 Å². The maximum absolute atomic E-state index is 12.8. The van der Waals surface area contributed by atoms with Crippen LogP contribution in [0.1, 0.15) is 27.3 Å². The number of ether oxygens (including phenoxy) is 2. The van der Waals surface area contributed by atoms with Gasteiger partial charge >= 0.3 is 0 Å². The fraction of sp³-hybridized carbons (Fsp3) is 0.217. The molecule has 4 rings (SSSR count). The van der Waals surface area contributed by atoms with Crippen molar-refractivity contribution in [2.75, 3.05) is 20.8 Å². The summed E-state index contributed by atoms with van der Waals surface area (Å²) >= 11 is 6.30. The first kappa shape index (κ1) is 20.0. The molecule has 2 heterocycles. The van der Waals surface area contributed by atoms with Crippen LogP contribution in [-0.2, 0) is 17.9 Å². The summed E-state index contributed by atoms with van der Waals surface area (Å²) in [4.78, 5) is 18.8. The zero-order chi connectivity index (χ0) is 21.1. The third-order valence-electron chi connectivity index (χ3n) is 4.85. The van der Waals surface area contributed by atoms with E-state index in [9.17, 15) is 4.79 Å². The van der Waals surface area contributed by atoms with E-state index >= 15 is 0 Å². The summed E-state index contributed by atoms with van der Waals surface area (Å²) in [7, 11) is 3.38. The van der Waals surface area contributed by atoms with Crippen molar-refractivity contribution in [1.82, 2.24) is 14.5 Å². The second-order valence-corrected chi connectivity index (χ2v) is 7.26. The second-order valence-electron chi connectivity index (χ2n) is 6.85. The third-order valence-corrected chi connectivity index (χ3v) is 5.16. The van der Waals surface area contributed by atoms with Gasteiger partial charge in [0.05, 0.1) is 42.2 Å². The van der Waals surface area contributed by atoms with Crippen molar-refractivity contribution in [2.45, 2.75) is 13.2 Å². The van der Waals surface area contributed by atoms with Gasteiger partial charge in [0.1, 0.15) is 24.4 Å². The zero-order valence-corrected chi connectivity index (χ0v) is 17.4. The van der Waals surface area contributed by atoms with E-state index in [1.807, 2.05) is 41.0 Å². The van der Waals surface area contributed by atoms with Crippen molar-refractivity contribution in [2.24, 2.45) is 0 Å². The van der Waals surface area contributed by atoms with Crippen molar-refractivity contribution < 1.29 is 14.3 Å². The minimum Gasteiger partial charge on any atom is -0.497 e. The van der Waals surface area contributed by atoms with Crippen LogP contribution in [0.5, 0.6) is 5.75 Å². The molecule has 30 heavy (non-hydrogen) atoms. The van der Waals surface area contributed by atoms with Crippen molar-refractivity contribution in [3.63, 3.8) is 0 Å². The standard InChI is InChI=1S/C23H20ClN3O3/c1-26-13-21-19(9-5-11-30-14-16-6-3-7-17(12-16)29-2)25-15-27(21)20-10-4-8-18(24)22(20)23(26)28/h3-4,6-8,10,12,15H,11,13-14H2,1-2H3. The zero-order valence-electron chi connectivity index (χ0n) is 16.7. The lowest BCUT2D eigenvalue weighted by Gasteiger charge is -2.14. The van der Waals surface area contributed by atoms with Crippen molar-refractivity contribution in [3.05, 3.63) is 76.3 Å². The molecule has 152 valence electrons. The molecule has 3 aromatic rings. The number of nitrogens with zero attached hydrogens (tertiary/aromatic N) is 3. The second kappa shape index (κ2) is 8.62. The van der Waals surface area contributed by atoms with Gasteiger partial charge in [-0.05, 0) is 35.7 Å². The number of rotatable bonds is 4. The van der Waals surface area contributed by atoms with Gasteiger partial charge in [-0.1, -0.05) is 35.7 Å². The summed E-state index contributed by atoms with van der Waals surface area (Å²) in [5.41, 5.74) is 3.65. The molecule has 0 saturated heterocycles. The topological polar surface area (TPSA) is 56.6 Å². The molecule has 1 aromatic heterocycles. The minimum absolute atomic E-state index is 0.125. The van der Waals surface area contributed by atoms with Gasteiger partial charge in [0.15, 0.2) is 0 Å². The van der Waals surface area contributed by atoms with E-state index in [1.165, 1.54) is 0 Å². The summed E-state index contributed by atoms with van der Waals surface area (Å²) < 4.78 is 12.7. The molecular weight excluding hydrogens is 402 g/mol. The Labute approximate surface area is 180 Å². The van der Waals surface area contributed by atoms with E-state index in [4.69, 9.17) is 21.1 Å². The predicted molar refractivity (Wildman–Crippen MR) is 114 cm³/mol. The Bertz CT molecular complexity index is 1160. The first-order chi connectivity index (χ1) is 14.6. The van der Waals surface area contributed by atoms with E-state index in [0.29, 0.717) is 35.1 Å². The van der Waals surface area contributed by atoms with Crippen molar-refractivity contribution in [3.8, 4) is 23.3 Å². The van der Waals surface area contributed by atoms with Crippen LogP contribution in [0.25, 0.3) is 5.69 Å². The fourth-order valence-electron chi connectivity index (χ4n) is 3.35. The van der Waals surface area contributed by atoms with Gasteiger partial charge in [-0.3, -0.25) is 9.36 Å². The molecule has 1 aliphatic rings. The van der Waals surface area contributed by atoms with Crippen LogP contribution >= 0.6 is 11.6 Å². The summed E-state index contributed by atoms with van der Waals surface area (Å²) in [6.45, 7) is 1.09. The number of fused-ring (bicyclic) bond motifs is 3. The van der Waals surface area contributed by atoms with Gasteiger partial charge in [-0.15, -0.1) is 0 Å². The number of benzene rings is 2. The van der Waals surface area contributed by atoms with Crippen molar-refractivity contribution >= 4 is 17.5 Å². The Balaban J connectivity index is 1.52. The summed E-state index contributed by atoms with van der Waals surface area (Å²) in [6, 6.07) is 13.1. The highest BCUT2D eigenvalue weighted by atomic mass is 35.5. The summed E-state index contributed by atoms with van der Waals surface area (Å²) in [6.07, 6.45) is 1.68. The van der Waals surface area contributed by atoms with E-state index in [-0.39, 0.29) is 12.5 Å². The lowest BCUT2D eigenvalue weighted by molar-refractivity contribution is 0.0788. The van der Waals surface area contributed by atoms with E-state index in [0.717, 1.165) is 17.0 Å². The lowest BCUT2D eigenvalue weighted by Crippen LogP contribution is -2.25. The van der Waals surface area contributed by atoms with Crippen LogP contribution in [0.15, 0.2) is 48.8 Å². The van der Waals surface area contributed by atoms with Gasteiger partial charge in [-0.2, -0.15) is 0 Å². The highest BCUT2D eigenvalue weighted by molar-refractivity contribution is 6.34. The average molecular weight is 422 g/mol. The molecule has 1 amide bonds. The van der Waals surface area contributed by atoms with E-state index < -0.39 is 0 Å². The molecule has 0 atom stereocenters. The first-order valence-corrected chi connectivity index (χ1v) is 9.76. The molecule has 1 aliphatic heterocycles. The number of aromatic nitrogens is 2. The lowest BCUT2D eigenvalue weighted by atomic mass is 10.1. The monoisotopic (exact) mass is 421 g/mol. The molecule has 7 heteroatoms. The van der Waals surface area contributed by atoms with Crippen LogP contribution in [-0.4, -0.2) is 41.1 Å². The number of methoxy groups -OCH3 is 1. The largest absolute Gasteiger partial charge is 0.497 e. The first-order valence-electron chi connectivity index (χ1n) is 9.38. The third kappa shape index (κ3) is 3.90. The number of hydrogen-bond acceptors (Lipinski definition) is 4. The number of carbonyl (C=O) groups is 1. The normalized spacial score (nSPS) is 12.5. The van der Waals surface area contributed by atoms with Crippen LogP contribution < -0.4 is 4.74 Å². The molecule has 0 saturated carbocycles. The van der Waals surface area contributed by atoms with Crippen LogP contribution in [0.3, 0.4) is 0 Å². The van der Waals surface area contributed by atoms with Gasteiger partial charge in [0.25, 0.3) is 5.91 Å². The molecule has 6 nitrogen and oxygen atoms in total. The van der Waals surface area contributed by atoms with Gasteiger partial charge < -0.3 is 14.4 Å². The average Bonchev–Trinajstić information content (AvgIpc) is 3.10. The Hall–Kier alpha value is -3.27. The minimum atomic E-state index is -0.125. The molecule has 0 aliphatic carbocycles. The Kier molecular flexibility index (Phi) is 5.75. The molecule has 0 unspecified atom stereocenters. The number of imidazole rings is 1. The Morgan fingerprint density at radius 2 is 2.07 bits per heavy atom. The maximum atomic E-state index is 12.8. The summed E-state index contributed by atoms with van der Waals surface area (Å²) in [5, 5.41) is 0.421. The molecule has 0 radical (unpaired) electrons. The van der Waals surface area contributed by atoms with Crippen LogP contribution in [0.4, 0.5) is 0 Å². The van der Waals surface area contributed by atoms with E-state index in [1.54, 1.807) is 31.5 Å². The molecule has 2 aromatic carbocycles.